The molecule has 1 saturated heterocycles. The molecule has 7 nitrogen and oxygen atoms in total. The van der Waals surface area contributed by atoms with Crippen LogP contribution in [0.2, 0.25) is 5.02 Å². The topological polar surface area (TPSA) is 96.7 Å². The van der Waals surface area contributed by atoms with Crippen LogP contribution in [0.4, 0.5) is 4.79 Å². The first kappa shape index (κ1) is 23.9. The Kier molecular flexibility index (Phi) is 7.96. The van der Waals surface area contributed by atoms with Crippen LogP contribution in [0.15, 0.2) is 45.8 Å². The Hall–Kier alpha value is -2.80. The summed E-state index contributed by atoms with van der Waals surface area (Å²) in [6, 6.07) is 12.5. The molecule has 3 rings (SSSR count). The van der Waals surface area contributed by atoms with Gasteiger partial charge in [0.2, 0.25) is 0 Å². The lowest BCUT2D eigenvalue weighted by molar-refractivity contribution is -0.145. The second-order valence-electron chi connectivity index (χ2n) is 6.44. The minimum atomic E-state index is -0.652. The minimum Gasteiger partial charge on any atom is -0.486 e. The lowest BCUT2D eigenvalue weighted by Gasteiger charge is -2.12. The van der Waals surface area contributed by atoms with Crippen molar-refractivity contribution in [1.82, 2.24) is 4.90 Å². The van der Waals surface area contributed by atoms with Gasteiger partial charge in [-0.05, 0) is 64.5 Å². The first-order valence-electron chi connectivity index (χ1n) is 9.34. The maximum atomic E-state index is 12.5. The molecule has 0 aliphatic carbocycles. The summed E-state index contributed by atoms with van der Waals surface area (Å²) in [7, 11) is 0. The van der Waals surface area contributed by atoms with E-state index in [4.69, 9.17) is 21.1 Å². The largest absolute Gasteiger partial charge is 0.486 e. The monoisotopic (exact) mass is 534 g/mol. The molecule has 0 N–H and O–H groups in total. The molecule has 164 valence electrons. The van der Waals surface area contributed by atoms with E-state index in [1.165, 1.54) is 6.08 Å². The van der Waals surface area contributed by atoms with Gasteiger partial charge in [-0.1, -0.05) is 29.8 Å². The smallest absolute Gasteiger partial charge is 0.326 e. The number of carbonyl (C=O) groups is 3. The number of imide groups is 1. The van der Waals surface area contributed by atoms with Gasteiger partial charge in [-0.3, -0.25) is 19.3 Å². The third-order valence-corrected chi connectivity index (χ3v) is 6.07. The van der Waals surface area contributed by atoms with Gasteiger partial charge in [0.1, 0.15) is 13.2 Å². The number of halogens is 2. The van der Waals surface area contributed by atoms with Crippen molar-refractivity contribution in [1.29, 1.82) is 5.26 Å². The molecule has 32 heavy (non-hydrogen) atoms. The zero-order valence-electron chi connectivity index (χ0n) is 16.8. The first-order chi connectivity index (χ1) is 15.3. The molecule has 0 bridgehead atoms. The molecule has 10 heteroatoms. The van der Waals surface area contributed by atoms with Gasteiger partial charge in [-0.25, -0.2) is 0 Å². The van der Waals surface area contributed by atoms with Gasteiger partial charge in [0.15, 0.2) is 5.75 Å². The number of esters is 1. The average molecular weight is 536 g/mol. The lowest BCUT2D eigenvalue weighted by atomic mass is 10.1. The highest BCUT2D eigenvalue weighted by atomic mass is 79.9. The Morgan fingerprint density at radius 2 is 2.06 bits per heavy atom. The molecule has 0 spiro atoms. The molecule has 1 fully saturated rings. The van der Waals surface area contributed by atoms with Gasteiger partial charge >= 0.3 is 5.97 Å². The van der Waals surface area contributed by atoms with Crippen LogP contribution in [-0.4, -0.2) is 35.2 Å². The summed E-state index contributed by atoms with van der Waals surface area (Å²) >= 11 is 10.5. The molecule has 2 aromatic carbocycles. The van der Waals surface area contributed by atoms with Crippen molar-refractivity contribution in [3.63, 3.8) is 0 Å². The zero-order chi connectivity index (χ0) is 23.3. The molecular weight excluding hydrogens is 520 g/mol. The van der Waals surface area contributed by atoms with E-state index in [1.54, 1.807) is 37.3 Å². The number of amides is 2. The van der Waals surface area contributed by atoms with Crippen LogP contribution in [0.5, 0.6) is 5.75 Å². The highest BCUT2D eigenvalue weighted by Gasteiger charge is 2.36. The summed E-state index contributed by atoms with van der Waals surface area (Å²) in [5, 5.41) is 8.94. The van der Waals surface area contributed by atoms with Crippen LogP contribution in [0.1, 0.15) is 23.6 Å². The number of benzene rings is 2. The van der Waals surface area contributed by atoms with E-state index in [9.17, 15) is 19.6 Å². The van der Waals surface area contributed by atoms with E-state index < -0.39 is 23.7 Å². The van der Waals surface area contributed by atoms with Gasteiger partial charge in [-0.2, -0.15) is 5.26 Å². The number of carbonyl (C=O) groups excluding carboxylic acids is 3. The predicted molar refractivity (Wildman–Crippen MR) is 124 cm³/mol. The second-order valence-corrected chi connectivity index (χ2v) is 8.70. The Morgan fingerprint density at radius 1 is 1.31 bits per heavy atom. The van der Waals surface area contributed by atoms with Crippen molar-refractivity contribution < 1.29 is 23.9 Å². The van der Waals surface area contributed by atoms with Crippen molar-refractivity contribution in [2.24, 2.45) is 0 Å². The highest BCUT2D eigenvalue weighted by molar-refractivity contribution is 9.10. The SMILES string of the molecule is CCOC(=O)CN1C(=O)S/C(=C\c2cc(Cl)c(OCc3ccccc3C#N)c(Br)c2)C1=O. The zero-order valence-corrected chi connectivity index (χ0v) is 19.9. The van der Waals surface area contributed by atoms with Crippen LogP contribution < -0.4 is 4.74 Å². The average Bonchev–Trinajstić information content (AvgIpc) is 3.01. The summed E-state index contributed by atoms with van der Waals surface area (Å²) in [6.07, 6.45) is 1.52. The van der Waals surface area contributed by atoms with Crippen molar-refractivity contribution >= 4 is 62.5 Å². The Balaban J connectivity index is 1.77. The van der Waals surface area contributed by atoms with E-state index >= 15 is 0 Å². The highest BCUT2D eigenvalue weighted by Crippen LogP contribution is 2.38. The molecule has 0 atom stereocenters. The standard InChI is InChI=1S/C22H16BrClN2O5S/c1-2-30-19(27)11-26-21(28)18(32-22(26)29)9-13-7-16(23)20(17(24)8-13)31-12-15-6-4-3-5-14(15)10-25/h3-9H,2,11-12H2,1H3/b18-9-. The molecule has 0 radical (unpaired) electrons. The third-order valence-electron chi connectivity index (χ3n) is 4.29. The summed E-state index contributed by atoms with van der Waals surface area (Å²) in [5.74, 6) is -0.845. The quantitative estimate of drug-likeness (QED) is 0.357. The number of ether oxygens (including phenoxy) is 2. The van der Waals surface area contributed by atoms with Gasteiger partial charge in [0.05, 0.1) is 32.6 Å². The molecular formula is C22H16BrClN2O5S. The summed E-state index contributed by atoms with van der Waals surface area (Å²) < 4.78 is 11.1. The minimum absolute atomic E-state index is 0.147. The van der Waals surface area contributed by atoms with E-state index in [1.807, 2.05) is 6.07 Å². The Morgan fingerprint density at radius 3 is 2.75 bits per heavy atom. The molecule has 0 aromatic heterocycles. The van der Waals surface area contributed by atoms with Crippen LogP contribution in [-0.2, 0) is 20.9 Å². The van der Waals surface area contributed by atoms with E-state index in [-0.39, 0.29) is 23.1 Å². The maximum absolute atomic E-state index is 12.5. The molecule has 2 aromatic rings. The van der Waals surface area contributed by atoms with Gasteiger partial charge < -0.3 is 9.47 Å². The van der Waals surface area contributed by atoms with E-state index in [0.717, 1.165) is 22.2 Å². The first-order valence-corrected chi connectivity index (χ1v) is 11.3. The molecule has 2 amide bonds. The van der Waals surface area contributed by atoms with Gasteiger partial charge in [0, 0.05) is 5.56 Å². The number of thioether (sulfide) groups is 1. The molecule has 1 heterocycles. The lowest BCUT2D eigenvalue weighted by Crippen LogP contribution is -2.34. The maximum Gasteiger partial charge on any atom is 0.326 e. The van der Waals surface area contributed by atoms with E-state index in [2.05, 4.69) is 22.0 Å². The number of hydrogen-bond acceptors (Lipinski definition) is 7. The van der Waals surface area contributed by atoms with Crippen LogP contribution >= 0.6 is 39.3 Å². The van der Waals surface area contributed by atoms with E-state index in [0.29, 0.717) is 21.3 Å². The van der Waals surface area contributed by atoms with Crippen molar-refractivity contribution in [3.8, 4) is 11.8 Å². The van der Waals surface area contributed by atoms with Crippen LogP contribution in [0.25, 0.3) is 6.08 Å². The number of rotatable bonds is 7. The number of nitrogens with zero attached hydrogens (tertiary/aromatic N) is 2. The molecule has 0 saturated carbocycles. The van der Waals surface area contributed by atoms with Crippen molar-refractivity contribution in [2.45, 2.75) is 13.5 Å². The molecule has 1 aliphatic heterocycles. The second kappa shape index (κ2) is 10.7. The Bertz CT molecular complexity index is 1140. The van der Waals surface area contributed by atoms with Crippen molar-refractivity contribution in [3.05, 3.63) is 67.5 Å². The number of nitriles is 1. The fourth-order valence-electron chi connectivity index (χ4n) is 2.83. The van der Waals surface area contributed by atoms with Gasteiger partial charge in [0.25, 0.3) is 11.1 Å². The normalized spacial score (nSPS) is 14.6. The van der Waals surface area contributed by atoms with Gasteiger partial charge in [-0.15, -0.1) is 0 Å². The van der Waals surface area contributed by atoms with Crippen LogP contribution in [0.3, 0.4) is 0 Å². The number of hydrogen-bond donors (Lipinski definition) is 0. The van der Waals surface area contributed by atoms with Crippen LogP contribution in [0, 0.1) is 11.3 Å². The third kappa shape index (κ3) is 5.51. The summed E-state index contributed by atoms with van der Waals surface area (Å²) in [4.78, 5) is 37.3. The molecule has 0 unspecified atom stereocenters. The molecule has 1 aliphatic rings. The fraction of sp³-hybridized carbons (Fsp3) is 0.182. The summed E-state index contributed by atoms with van der Waals surface area (Å²) in [5.41, 5.74) is 1.79. The predicted octanol–water partition coefficient (Wildman–Crippen LogP) is 5.15. The fourth-order valence-corrected chi connectivity index (χ4v) is 4.66. The Labute approximate surface area is 202 Å². The van der Waals surface area contributed by atoms with Crippen molar-refractivity contribution in [2.75, 3.05) is 13.2 Å². The summed E-state index contributed by atoms with van der Waals surface area (Å²) in [6.45, 7) is 1.52.